The van der Waals surface area contributed by atoms with Gasteiger partial charge in [-0.1, -0.05) is 54.2 Å². The third kappa shape index (κ3) is 5.30. The average Bonchev–Trinajstić information content (AvgIpc) is 2.84. The monoisotopic (exact) mass is 457 g/mol. The van der Waals surface area contributed by atoms with Crippen LogP contribution in [-0.4, -0.2) is 41.5 Å². The molecule has 1 aromatic heterocycles. The maximum Gasteiger partial charge on any atom is 0.266 e. The van der Waals surface area contributed by atoms with Gasteiger partial charge in [0.05, 0.1) is 28.6 Å². The van der Waals surface area contributed by atoms with Crippen molar-refractivity contribution < 1.29 is 4.79 Å². The second kappa shape index (κ2) is 10.1. The number of para-hydroxylation sites is 2. The van der Waals surface area contributed by atoms with Crippen LogP contribution in [0.1, 0.15) is 5.56 Å². The van der Waals surface area contributed by atoms with Crippen LogP contribution in [0.5, 0.6) is 0 Å². The minimum atomic E-state index is -0.289. The fourth-order valence-electron chi connectivity index (χ4n) is 3.21. The predicted molar refractivity (Wildman–Crippen MR) is 135 cm³/mol. The Hall–Kier alpha value is -3.91. The molecule has 0 unspecified atom stereocenters. The molecule has 33 heavy (non-hydrogen) atoms. The maximum atomic E-state index is 13.2. The van der Waals surface area contributed by atoms with Crippen molar-refractivity contribution in [1.29, 1.82) is 0 Å². The molecular weight excluding hydrogens is 434 g/mol. The minimum Gasteiger partial charge on any atom is -0.378 e. The third-order valence-corrected chi connectivity index (χ3v) is 5.84. The molecule has 0 spiro atoms. The highest BCUT2D eigenvalue weighted by atomic mass is 32.2. The first-order chi connectivity index (χ1) is 16.0. The summed E-state index contributed by atoms with van der Waals surface area (Å²) < 4.78 is 1.54. The number of hydrazone groups is 1. The Labute approximate surface area is 195 Å². The van der Waals surface area contributed by atoms with E-state index in [4.69, 9.17) is 0 Å². The van der Waals surface area contributed by atoms with Crippen LogP contribution < -0.4 is 15.9 Å². The van der Waals surface area contributed by atoms with E-state index in [9.17, 15) is 9.59 Å². The zero-order chi connectivity index (χ0) is 23.2. The summed E-state index contributed by atoms with van der Waals surface area (Å²) in [6, 6.07) is 24.3. The van der Waals surface area contributed by atoms with Crippen LogP contribution in [0.3, 0.4) is 0 Å². The zero-order valence-electron chi connectivity index (χ0n) is 18.3. The Kier molecular flexibility index (Phi) is 6.85. The Morgan fingerprint density at radius 1 is 1.03 bits per heavy atom. The first kappa shape index (κ1) is 22.3. The molecule has 4 aromatic rings. The molecule has 0 saturated carbocycles. The van der Waals surface area contributed by atoms with Gasteiger partial charge in [0.25, 0.3) is 11.5 Å². The number of nitrogens with one attached hydrogen (secondary N) is 1. The molecule has 0 fully saturated rings. The van der Waals surface area contributed by atoms with E-state index >= 15 is 0 Å². The molecule has 8 heteroatoms. The van der Waals surface area contributed by atoms with Gasteiger partial charge in [0.1, 0.15) is 0 Å². The van der Waals surface area contributed by atoms with E-state index in [1.54, 1.807) is 18.3 Å². The van der Waals surface area contributed by atoms with Crippen molar-refractivity contribution in [2.45, 2.75) is 5.16 Å². The van der Waals surface area contributed by atoms with Gasteiger partial charge in [0, 0.05) is 19.8 Å². The molecule has 0 bridgehead atoms. The zero-order valence-corrected chi connectivity index (χ0v) is 19.1. The Morgan fingerprint density at radius 2 is 1.73 bits per heavy atom. The van der Waals surface area contributed by atoms with E-state index in [-0.39, 0.29) is 17.2 Å². The Balaban J connectivity index is 1.49. The molecule has 0 atom stereocenters. The van der Waals surface area contributed by atoms with Gasteiger partial charge in [-0.2, -0.15) is 5.10 Å². The fraction of sp³-hybridized carbons (Fsp3) is 0.120. The number of anilines is 1. The second-order valence-electron chi connectivity index (χ2n) is 7.46. The number of carbonyl (C=O) groups is 1. The van der Waals surface area contributed by atoms with E-state index in [2.05, 4.69) is 15.5 Å². The minimum absolute atomic E-state index is 0.0640. The van der Waals surface area contributed by atoms with Gasteiger partial charge in [-0.05, 0) is 42.0 Å². The lowest BCUT2D eigenvalue weighted by Crippen LogP contribution is -2.24. The molecule has 0 aliphatic heterocycles. The second-order valence-corrected chi connectivity index (χ2v) is 8.40. The van der Waals surface area contributed by atoms with Crippen molar-refractivity contribution in [3.63, 3.8) is 0 Å². The molecule has 0 aliphatic carbocycles. The SMILES string of the molecule is CN(C)c1ccc(C=NNC(=O)CSc2nc3ccccc3c(=O)n2-c2ccccc2)cc1. The molecule has 166 valence electrons. The Morgan fingerprint density at radius 3 is 2.45 bits per heavy atom. The number of hydrogen-bond acceptors (Lipinski definition) is 6. The molecule has 1 heterocycles. The van der Waals surface area contributed by atoms with Crippen molar-refractivity contribution in [3.05, 3.63) is 94.8 Å². The lowest BCUT2D eigenvalue weighted by atomic mass is 10.2. The smallest absolute Gasteiger partial charge is 0.266 e. The Bertz CT molecular complexity index is 1350. The van der Waals surface area contributed by atoms with E-state index in [1.165, 1.54) is 16.3 Å². The molecule has 4 rings (SSSR count). The summed E-state index contributed by atoms with van der Waals surface area (Å²) >= 11 is 1.19. The number of aromatic nitrogens is 2. The highest BCUT2D eigenvalue weighted by Crippen LogP contribution is 2.21. The average molecular weight is 458 g/mol. The lowest BCUT2D eigenvalue weighted by molar-refractivity contribution is -0.118. The summed E-state index contributed by atoms with van der Waals surface area (Å²) in [4.78, 5) is 32.2. The number of hydrogen-bond donors (Lipinski definition) is 1. The van der Waals surface area contributed by atoms with E-state index in [1.807, 2.05) is 85.7 Å². The molecular formula is C25H23N5O2S. The van der Waals surface area contributed by atoms with Crippen LogP contribution in [0.15, 0.2) is 93.9 Å². The van der Waals surface area contributed by atoms with Crippen LogP contribution in [0.2, 0.25) is 0 Å². The summed E-state index contributed by atoms with van der Waals surface area (Å²) in [6.07, 6.45) is 1.59. The molecule has 1 amide bonds. The normalized spacial score (nSPS) is 11.1. The van der Waals surface area contributed by atoms with Gasteiger partial charge in [-0.15, -0.1) is 0 Å². The van der Waals surface area contributed by atoms with Crippen LogP contribution in [-0.2, 0) is 4.79 Å². The summed E-state index contributed by atoms with van der Waals surface area (Å²) in [5, 5.41) is 5.01. The van der Waals surface area contributed by atoms with Crippen molar-refractivity contribution in [1.82, 2.24) is 15.0 Å². The highest BCUT2D eigenvalue weighted by molar-refractivity contribution is 7.99. The molecule has 3 aromatic carbocycles. The van der Waals surface area contributed by atoms with E-state index in [0.717, 1.165) is 11.3 Å². The molecule has 7 nitrogen and oxygen atoms in total. The molecule has 0 radical (unpaired) electrons. The summed E-state index contributed by atoms with van der Waals surface area (Å²) in [6.45, 7) is 0. The van der Waals surface area contributed by atoms with Crippen molar-refractivity contribution in [3.8, 4) is 5.69 Å². The van der Waals surface area contributed by atoms with Crippen LogP contribution in [0.25, 0.3) is 16.6 Å². The van der Waals surface area contributed by atoms with Gasteiger partial charge >= 0.3 is 0 Å². The predicted octanol–water partition coefficient (Wildman–Crippen LogP) is 3.69. The number of thioether (sulfide) groups is 1. The van der Waals surface area contributed by atoms with Crippen molar-refractivity contribution in [2.24, 2.45) is 5.10 Å². The highest BCUT2D eigenvalue weighted by Gasteiger charge is 2.14. The fourth-order valence-corrected chi connectivity index (χ4v) is 4.02. The standard InChI is InChI=1S/C25H23N5O2S/c1-29(2)19-14-12-18(13-15-19)16-26-28-23(31)17-33-25-27-22-11-7-6-10-21(22)24(32)30(25)20-8-4-3-5-9-20/h3-16H,17H2,1-2H3,(H,28,31). The number of rotatable bonds is 7. The first-order valence-electron chi connectivity index (χ1n) is 10.3. The van der Waals surface area contributed by atoms with Gasteiger partial charge in [0.2, 0.25) is 0 Å². The van der Waals surface area contributed by atoms with Crippen LogP contribution in [0, 0.1) is 0 Å². The maximum absolute atomic E-state index is 13.2. The van der Waals surface area contributed by atoms with Gasteiger partial charge in [-0.3, -0.25) is 14.2 Å². The third-order valence-electron chi connectivity index (χ3n) is 4.90. The number of nitrogens with zero attached hydrogens (tertiary/aromatic N) is 4. The summed E-state index contributed by atoms with van der Waals surface area (Å²) in [5.74, 6) is -0.225. The topological polar surface area (TPSA) is 79.6 Å². The van der Waals surface area contributed by atoms with Gasteiger partial charge in [-0.25, -0.2) is 10.4 Å². The van der Waals surface area contributed by atoms with E-state index in [0.29, 0.717) is 21.7 Å². The van der Waals surface area contributed by atoms with Crippen molar-refractivity contribution >= 4 is 40.5 Å². The van der Waals surface area contributed by atoms with Gasteiger partial charge in [0.15, 0.2) is 5.16 Å². The molecule has 0 aliphatic rings. The summed E-state index contributed by atoms with van der Waals surface area (Å²) in [5.41, 5.74) is 5.61. The first-order valence-corrected chi connectivity index (χ1v) is 11.3. The van der Waals surface area contributed by atoms with Crippen molar-refractivity contribution in [2.75, 3.05) is 24.7 Å². The van der Waals surface area contributed by atoms with Crippen LogP contribution in [0.4, 0.5) is 5.69 Å². The molecule has 0 saturated heterocycles. The quantitative estimate of drug-likeness (QED) is 0.198. The number of amides is 1. The van der Waals surface area contributed by atoms with Crippen LogP contribution >= 0.6 is 11.8 Å². The lowest BCUT2D eigenvalue weighted by Gasteiger charge is -2.12. The number of benzene rings is 3. The molecule has 1 N–H and O–H groups in total. The van der Waals surface area contributed by atoms with Gasteiger partial charge < -0.3 is 4.90 Å². The van der Waals surface area contributed by atoms with E-state index < -0.39 is 0 Å². The number of fused-ring (bicyclic) bond motifs is 1. The largest absolute Gasteiger partial charge is 0.378 e. The summed E-state index contributed by atoms with van der Waals surface area (Å²) in [7, 11) is 3.95. The number of carbonyl (C=O) groups excluding carboxylic acids is 1.